The van der Waals surface area contributed by atoms with Gasteiger partial charge in [-0.3, -0.25) is 14.2 Å². The third-order valence-electron chi connectivity index (χ3n) is 4.08. The Morgan fingerprint density at radius 2 is 1.67 bits per heavy atom. The molecule has 2 amide bonds. The van der Waals surface area contributed by atoms with Crippen molar-refractivity contribution in [2.75, 3.05) is 4.90 Å². The van der Waals surface area contributed by atoms with Gasteiger partial charge in [-0.1, -0.05) is 11.6 Å². The second-order valence-corrected chi connectivity index (χ2v) is 7.60. The van der Waals surface area contributed by atoms with Gasteiger partial charge in [0.15, 0.2) is 0 Å². The molecule has 0 atom stereocenters. The lowest BCUT2D eigenvalue weighted by molar-refractivity contribution is -0.120. The highest BCUT2D eigenvalue weighted by Crippen LogP contribution is 2.39. The van der Waals surface area contributed by atoms with E-state index in [0.29, 0.717) is 35.2 Å². The largest absolute Gasteiger partial charge is 0.349 e. The fourth-order valence-corrected chi connectivity index (χ4v) is 3.48. The van der Waals surface area contributed by atoms with E-state index in [0.717, 1.165) is 23.6 Å². The Morgan fingerprint density at radius 1 is 1.08 bits per heavy atom. The Kier molecular flexibility index (Phi) is 4.49. The third kappa shape index (κ3) is 3.23. The third-order valence-corrected chi connectivity index (χ3v) is 4.96. The van der Waals surface area contributed by atoms with Crippen molar-refractivity contribution in [2.24, 2.45) is 0 Å². The van der Waals surface area contributed by atoms with Gasteiger partial charge >= 0.3 is 7.60 Å². The Morgan fingerprint density at radius 3 is 2.21 bits per heavy atom. The molecule has 0 saturated heterocycles. The average molecular weight is 368 g/mol. The zero-order valence-electron chi connectivity index (χ0n) is 12.6. The molecule has 126 valence electrons. The Labute approximate surface area is 143 Å². The van der Waals surface area contributed by atoms with E-state index in [1.165, 1.54) is 18.2 Å². The first kappa shape index (κ1) is 17.1. The standard InChI is InChI=1S/C16H15ClNO5P/c17-14-6-5-11(9-10(14)7-8-24(21,22)23)18-15(19)12-3-1-2-4-13(12)16(18)20/h5-9H,1-4H2,(H2,21,22,23)/b8-7+. The molecule has 0 aromatic heterocycles. The summed E-state index contributed by atoms with van der Waals surface area (Å²) in [6, 6.07) is 4.52. The highest BCUT2D eigenvalue weighted by Gasteiger charge is 2.39. The molecule has 8 heteroatoms. The summed E-state index contributed by atoms with van der Waals surface area (Å²) in [6.45, 7) is 0. The lowest BCUT2D eigenvalue weighted by Gasteiger charge is -2.16. The summed E-state index contributed by atoms with van der Waals surface area (Å²) in [6.07, 6.45) is 4.18. The van der Waals surface area contributed by atoms with E-state index >= 15 is 0 Å². The molecule has 0 bridgehead atoms. The monoisotopic (exact) mass is 367 g/mol. The van der Waals surface area contributed by atoms with Crippen LogP contribution in [-0.2, 0) is 14.2 Å². The smallest absolute Gasteiger partial charge is 0.321 e. The van der Waals surface area contributed by atoms with Gasteiger partial charge < -0.3 is 9.79 Å². The van der Waals surface area contributed by atoms with Crippen molar-refractivity contribution in [3.8, 4) is 0 Å². The van der Waals surface area contributed by atoms with Crippen LogP contribution in [0.4, 0.5) is 5.69 Å². The Bertz CT molecular complexity index is 811. The molecule has 3 rings (SSSR count). The molecule has 24 heavy (non-hydrogen) atoms. The first-order chi connectivity index (χ1) is 11.3. The number of carbonyl (C=O) groups is 2. The van der Waals surface area contributed by atoms with Gasteiger partial charge in [0.1, 0.15) is 0 Å². The van der Waals surface area contributed by atoms with Gasteiger partial charge in [-0.2, -0.15) is 0 Å². The molecule has 2 aliphatic rings. The normalized spacial score (nSPS) is 18.7. The van der Waals surface area contributed by atoms with E-state index < -0.39 is 7.60 Å². The van der Waals surface area contributed by atoms with Gasteiger partial charge in [-0.05, 0) is 55.5 Å². The van der Waals surface area contributed by atoms with Crippen LogP contribution in [0.5, 0.6) is 0 Å². The maximum Gasteiger partial charge on any atom is 0.349 e. The van der Waals surface area contributed by atoms with Crippen molar-refractivity contribution in [1.29, 1.82) is 0 Å². The van der Waals surface area contributed by atoms with Gasteiger partial charge in [-0.25, -0.2) is 4.90 Å². The molecule has 1 aromatic rings. The SMILES string of the molecule is O=C1C2=C(CCCC2)C(=O)N1c1ccc(Cl)c(/C=C/P(=O)(O)O)c1. The van der Waals surface area contributed by atoms with Crippen molar-refractivity contribution in [3.63, 3.8) is 0 Å². The maximum absolute atomic E-state index is 12.5. The summed E-state index contributed by atoms with van der Waals surface area (Å²) in [4.78, 5) is 44.0. The molecule has 0 saturated carbocycles. The molecule has 0 unspecified atom stereocenters. The van der Waals surface area contributed by atoms with Gasteiger partial charge in [-0.15, -0.1) is 0 Å². The fourth-order valence-electron chi connectivity index (χ4n) is 2.95. The molecule has 1 aliphatic carbocycles. The molecule has 1 heterocycles. The van der Waals surface area contributed by atoms with Crippen LogP contribution in [0.2, 0.25) is 5.02 Å². The lowest BCUT2D eigenvalue weighted by atomic mass is 9.93. The molecule has 1 aromatic carbocycles. The lowest BCUT2D eigenvalue weighted by Crippen LogP contribution is -2.31. The van der Waals surface area contributed by atoms with Gasteiger partial charge in [0.2, 0.25) is 0 Å². The number of imide groups is 1. The summed E-state index contributed by atoms with van der Waals surface area (Å²) in [7, 11) is -4.33. The molecule has 2 N–H and O–H groups in total. The van der Waals surface area contributed by atoms with Crippen LogP contribution >= 0.6 is 19.2 Å². The summed E-state index contributed by atoms with van der Waals surface area (Å²) >= 11 is 6.02. The van der Waals surface area contributed by atoms with Gasteiger partial charge in [0, 0.05) is 22.0 Å². The summed E-state index contributed by atoms with van der Waals surface area (Å²) in [5.74, 6) is 0.0957. The number of halogens is 1. The van der Waals surface area contributed by atoms with E-state index in [1.54, 1.807) is 6.07 Å². The molecule has 0 radical (unpaired) electrons. The number of carbonyl (C=O) groups excluding carboxylic acids is 2. The van der Waals surface area contributed by atoms with Crippen LogP contribution < -0.4 is 4.90 Å². The molecule has 0 fully saturated rings. The van der Waals surface area contributed by atoms with Crippen molar-refractivity contribution in [3.05, 3.63) is 45.7 Å². The van der Waals surface area contributed by atoms with E-state index in [9.17, 15) is 14.2 Å². The number of nitrogens with zero attached hydrogens (tertiary/aromatic N) is 1. The summed E-state index contributed by atoms with van der Waals surface area (Å²) in [5, 5.41) is 0.264. The van der Waals surface area contributed by atoms with Crippen molar-refractivity contribution < 1.29 is 23.9 Å². The highest BCUT2D eigenvalue weighted by atomic mass is 35.5. The molecule has 6 nitrogen and oxygen atoms in total. The van der Waals surface area contributed by atoms with Crippen molar-refractivity contribution >= 4 is 42.8 Å². The van der Waals surface area contributed by atoms with Crippen LogP contribution in [0.1, 0.15) is 31.2 Å². The fraction of sp³-hybridized carbons (Fsp3) is 0.250. The molecule has 0 spiro atoms. The highest BCUT2D eigenvalue weighted by molar-refractivity contribution is 7.55. The minimum Gasteiger partial charge on any atom is -0.321 e. The molecular formula is C16H15ClNO5P. The summed E-state index contributed by atoms with van der Waals surface area (Å²) in [5.41, 5.74) is 1.82. The number of amides is 2. The van der Waals surface area contributed by atoms with E-state index in [1.807, 2.05) is 0 Å². The number of rotatable bonds is 3. The van der Waals surface area contributed by atoms with Gasteiger partial charge in [0.05, 0.1) is 5.69 Å². The Balaban J connectivity index is 1.97. The predicted molar refractivity (Wildman–Crippen MR) is 90.5 cm³/mol. The minimum absolute atomic E-state index is 0.264. The molecular weight excluding hydrogens is 353 g/mol. The summed E-state index contributed by atoms with van der Waals surface area (Å²) < 4.78 is 11.0. The number of hydrogen-bond acceptors (Lipinski definition) is 3. The zero-order valence-corrected chi connectivity index (χ0v) is 14.3. The van der Waals surface area contributed by atoms with Crippen molar-refractivity contribution in [2.45, 2.75) is 25.7 Å². The molecule has 1 aliphatic heterocycles. The number of hydrogen-bond donors (Lipinski definition) is 2. The van der Waals surface area contributed by atoms with E-state index in [2.05, 4.69) is 0 Å². The average Bonchev–Trinajstić information content (AvgIpc) is 2.78. The zero-order chi connectivity index (χ0) is 17.5. The minimum atomic E-state index is -4.33. The topological polar surface area (TPSA) is 94.9 Å². The van der Waals surface area contributed by atoms with E-state index in [-0.39, 0.29) is 16.8 Å². The van der Waals surface area contributed by atoms with Crippen LogP contribution in [0.15, 0.2) is 35.2 Å². The van der Waals surface area contributed by atoms with Crippen LogP contribution in [0, 0.1) is 0 Å². The van der Waals surface area contributed by atoms with Crippen LogP contribution in [-0.4, -0.2) is 21.6 Å². The quantitative estimate of drug-likeness (QED) is 0.631. The maximum atomic E-state index is 12.5. The van der Waals surface area contributed by atoms with Crippen molar-refractivity contribution in [1.82, 2.24) is 0 Å². The van der Waals surface area contributed by atoms with Crippen LogP contribution in [0.3, 0.4) is 0 Å². The van der Waals surface area contributed by atoms with Crippen LogP contribution in [0.25, 0.3) is 6.08 Å². The van der Waals surface area contributed by atoms with E-state index in [4.69, 9.17) is 21.4 Å². The first-order valence-electron chi connectivity index (χ1n) is 7.43. The number of anilines is 1. The first-order valence-corrected chi connectivity index (χ1v) is 9.49. The number of benzene rings is 1. The second-order valence-electron chi connectivity index (χ2n) is 5.72. The van der Waals surface area contributed by atoms with Gasteiger partial charge in [0.25, 0.3) is 11.8 Å². The second kappa shape index (κ2) is 6.30. The predicted octanol–water partition coefficient (Wildman–Crippen LogP) is 3.23. The Hall–Kier alpha value is -1.72.